The monoisotopic (exact) mass is 878 g/mol. The number of methoxy groups -OCH3 is 1. The van der Waals surface area contributed by atoms with Crippen molar-refractivity contribution in [2.45, 2.75) is 108 Å². The topological polar surface area (TPSA) is 125 Å². The van der Waals surface area contributed by atoms with Crippen LogP contribution < -0.4 is 10.6 Å². The summed E-state index contributed by atoms with van der Waals surface area (Å²) in [5.41, 5.74) is -5.47. The number of halogens is 8. The molecule has 0 saturated heterocycles. The van der Waals surface area contributed by atoms with E-state index in [-0.39, 0.29) is 35.8 Å². The molecule has 0 aliphatic heterocycles. The molecule has 4 aromatic rings. The van der Waals surface area contributed by atoms with Gasteiger partial charge in [-0.3, -0.25) is 14.4 Å². The number of hydrogen-bond acceptors (Lipinski definition) is 6. The predicted molar refractivity (Wildman–Crippen MR) is 218 cm³/mol. The van der Waals surface area contributed by atoms with Gasteiger partial charge in [0.05, 0.1) is 7.11 Å². The van der Waals surface area contributed by atoms with E-state index in [1.165, 1.54) is 69.5 Å². The third-order valence-electron chi connectivity index (χ3n) is 10.9. The first-order valence-corrected chi connectivity index (χ1v) is 20.1. The molecule has 1 aliphatic carbocycles. The third kappa shape index (κ3) is 13.3. The summed E-state index contributed by atoms with van der Waals surface area (Å²) in [7, 11) is 1.26. The van der Waals surface area contributed by atoms with Crippen LogP contribution in [0.3, 0.4) is 0 Å². The van der Waals surface area contributed by atoms with Gasteiger partial charge in [-0.25, -0.2) is 8.78 Å². The van der Waals surface area contributed by atoms with Crippen molar-refractivity contribution >= 4 is 29.2 Å². The molecule has 1 fully saturated rings. The summed E-state index contributed by atoms with van der Waals surface area (Å²) in [6.07, 6.45) is -0.513. The maximum absolute atomic E-state index is 14.5. The summed E-state index contributed by atoms with van der Waals surface area (Å²) in [6, 6.07) is 18.3. The fraction of sp³-hybridized carbons (Fsp3) is 0.413. The average molecular weight is 879 g/mol. The van der Waals surface area contributed by atoms with Crippen molar-refractivity contribution in [2.24, 2.45) is 5.92 Å². The lowest BCUT2D eigenvalue weighted by atomic mass is 9.86. The molecule has 4 N–H and O–H groups in total. The second kappa shape index (κ2) is 21.1. The number of ether oxygens (including phenoxy) is 1. The van der Waals surface area contributed by atoms with Crippen LogP contribution >= 0.6 is 0 Å². The molecule has 0 radical (unpaired) electrons. The van der Waals surface area contributed by atoms with E-state index < -0.39 is 52.3 Å². The summed E-state index contributed by atoms with van der Waals surface area (Å²) in [6.45, 7) is 1.15. The van der Waals surface area contributed by atoms with Gasteiger partial charge in [-0.15, -0.1) is 0 Å². The van der Waals surface area contributed by atoms with E-state index in [2.05, 4.69) is 15.4 Å². The number of rotatable bonds is 14. The van der Waals surface area contributed by atoms with E-state index in [4.69, 9.17) is 0 Å². The largest absolute Gasteiger partial charge is 0.469 e. The van der Waals surface area contributed by atoms with Gasteiger partial charge in [0.1, 0.15) is 11.6 Å². The number of hydrogen-bond donors (Lipinski definition) is 4. The lowest BCUT2D eigenvalue weighted by Gasteiger charge is -2.27. The first kappa shape index (κ1) is 49.3. The van der Waals surface area contributed by atoms with Gasteiger partial charge in [-0.05, 0) is 97.7 Å². The zero-order valence-electron chi connectivity index (χ0n) is 34.5. The fourth-order valence-electron chi connectivity index (χ4n) is 6.87. The zero-order chi connectivity index (χ0) is 45.9. The van der Waals surface area contributed by atoms with Gasteiger partial charge in [-0.1, -0.05) is 80.6 Å². The second-order valence-electron chi connectivity index (χ2n) is 15.6. The van der Waals surface area contributed by atoms with Crippen LogP contribution in [0.1, 0.15) is 95.6 Å². The van der Waals surface area contributed by atoms with Crippen LogP contribution in [0.4, 0.5) is 46.5 Å². The number of benzene rings is 4. The van der Waals surface area contributed by atoms with Crippen LogP contribution in [-0.2, 0) is 30.3 Å². The number of alkyl halides is 6. The van der Waals surface area contributed by atoms with Crippen LogP contribution in [0.15, 0.2) is 84.9 Å². The number of carbonyl (C=O) groups excluding carboxylic acids is 3. The smallest absolute Gasteiger partial charge is 0.421 e. The highest BCUT2D eigenvalue weighted by Crippen LogP contribution is 2.41. The highest BCUT2D eigenvalue weighted by Gasteiger charge is 2.52. The molecule has 0 spiro atoms. The van der Waals surface area contributed by atoms with Gasteiger partial charge in [0.15, 0.2) is 11.2 Å². The van der Waals surface area contributed by atoms with Gasteiger partial charge in [-0.2, -0.15) is 26.3 Å². The number of amides is 2. The van der Waals surface area contributed by atoms with Crippen molar-refractivity contribution in [3.8, 4) is 22.3 Å². The van der Waals surface area contributed by atoms with Crippen LogP contribution in [-0.4, -0.2) is 47.5 Å². The summed E-state index contributed by atoms with van der Waals surface area (Å²) in [5, 5.41) is 24.9. The molecule has 1 saturated carbocycles. The van der Waals surface area contributed by atoms with Gasteiger partial charge in [0.25, 0.3) is 0 Å². The van der Waals surface area contributed by atoms with E-state index in [9.17, 15) is 59.7 Å². The number of aliphatic hydroxyl groups is 2. The van der Waals surface area contributed by atoms with Crippen LogP contribution in [0, 0.1) is 17.6 Å². The number of esters is 1. The number of anilines is 2. The molecule has 62 heavy (non-hydrogen) atoms. The van der Waals surface area contributed by atoms with Gasteiger partial charge >= 0.3 is 18.3 Å². The average Bonchev–Trinajstić information content (AvgIpc) is 3.21. The van der Waals surface area contributed by atoms with Crippen molar-refractivity contribution in [3.63, 3.8) is 0 Å². The minimum atomic E-state index is -4.95. The molecule has 16 heteroatoms. The quantitative estimate of drug-likeness (QED) is 0.0738. The predicted octanol–water partition coefficient (Wildman–Crippen LogP) is 11.5. The standard InChI is InChI=1S/C25H29F4NO2.C21H21F4NO4/c1-24(32,25(27,28)29)19-12-15-21(22(26)16-19)18-10-13-20(14-11-18)30-23(31)9-5-8-17-6-3-2-4-7-17;1-20(29,21(23,24)25)14-8-11-16(17(22)12-14)13-6-9-15(10-7-13)26-18(27)4-3-5-19(28)30-2/h10-17,32H,2-9H2,1H3,(H,30,31);6-12,29H,3-5H2,1-2H3,(H,26,27). The molecule has 5 rings (SSSR count). The Morgan fingerprint density at radius 3 is 1.39 bits per heavy atom. The third-order valence-corrected chi connectivity index (χ3v) is 10.9. The van der Waals surface area contributed by atoms with Gasteiger partial charge < -0.3 is 25.6 Å². The molecular weight excluding hydrogens is 828 g/mol. The molecule has 2 amide bonds. The van der Waals surface area contributed by atoms with Gasteiger partial charge in [0, 0.05) is 41.8 Å². The van der Waals surface area contributed by atoms with Crippen LogP contribution in [0.5, 0.6) is 0 Å². The Morgan fingerprint density at radius 2 is 1.02 bits per heavy atom. The SMILES string of the molecule is CC(O)(c1ccc(-c2ccc(NC(=O)CCCC3CCCCC3)cc2)c(F)c1)C(F)(F)F.COC(=O)CCCC(=O)Nc1ccc(-c2ccc(C(C)(O)C(F)(F)F)cc2F)cc1. The Labute approximate surface area is 354 Å². The van der Waals surface area contributed by atoms with Crippen LogP contribution in [0.2, 0.25) is 0 Å². The fourth-order valence-corrected chi connectivity index (χ4v) is 6.87. The van der Waals surface area contributed by atoms with E-state index in [1.807, 2.05) is 0 Å². The molecule has 2 atom stereocenters. The molecule has 4 aromatic carbocycles. The highest BCUT2D eigenvalue weighted by molar-refractivity contribution is 5.91. The Hall–Kier alpha value is -5.35. The maximum Gasteiger partial charge on any atom is 0.421 e. The molecule has 8 nitrogen and oxygen atoms in total. The molecule has 0 aromatic heterocycles. The lowest BCUT2D eigenvalue weighted by molar-refractivity contribution is -0.259. The van der Waals surface area contributed by atoms with E-state index in [0.717, 1.165) is 37.0 Å². The van der Waals surface area contributed by atoms with Crippen molar-refractivity contribution in [2.75, 3.05) is 17.7 Å². The summed E-state index contributed by atoms with van der Waals surface area (Å²) in [4.78, 5) is 35.1. The first-order chi connectivity index (χ1) is 29.0. The molecular formula is C46H50F8N2O6. The van der Waals surface area contributed by atoms with Crippen molar-refractivity contribution < 1.29 is 64.5 Å². The highest BCUT2D eigenvalue weighted by atomic mass is 19.4. The summed E-state index contributed by atoms with van der Waals surface area (Å²) in [5.74, 6) is -1.84. The van der Waals surface area contributed by atoms with E-state index >= 15 is 0 Å². The first-order valence-electron chi connectivity index (χ1n) is 20.1. The molecule has 1 aliphatic rings. The van der Waals surface area contributed by atoms with Crippen molar-refractivity contribution in [1.29, 1.82) is 0 Å². The van der Waals surface area contributed by atoms with E-state index in [0.29, 0.717) is 61.3 Å². The number of nitrogens with one attached hydrogen (secondary N) is 2. The normalized spacial score (nSPS) is 15.3. The summed E-state index contributed by atoms with van der Waals surface area (Å²) < 4.78 is 111. The maximum atomic E-state index is 14.5. The Kier molecular flexibility index (Phi) is 16.8. The number of carbonyl (C=O) groups is 3. The Morgan fingerprint density at radius 1 is 0.613 bits per heavy atom. The van der Waals surface area contributed by atoms with Crippen LogP contribution in [0.25, 0.3) is 22.3 Å². The Balaban J connectivity index is 0.000000273. The minimum Gasteiger partial charge on any atom is -0.469 e. The lowest BCUT2D eigenvalue weighted by Crippen LogP contribution is -2.39. The molecule has 0 heterocycles. The minimum absolute atomic E-state index is 0.0488. The Bertz CT molecular complexity index is 2130. The van der Waals surface area contributed by atoms with Gasteiger partial charge in [0.2, 0.25) is 11.8 Å². The van der Waals surface area contributed by atoms with Crippen molar-refractivity contribution in [3.05, 3.63) is 108 Å². The molecule has 0 bridgehead atoms. The van der Waals surface area contributed by atoms with Crippen molar-refractivity contribution in [1.82, 2.24) is 0 Å². The molecule has 336 valence electrons. The second-order valence-corrected chi connectivity index (χ2v) is 15.6. The summed E-state index contributed by atoms with van der Waals surface area (Å²) >= 11 is 0. The zero-order valence-corrected chi connectivity index (χ0v) is 34.5. The van der Waals surface area contributed by atoms with E-state index in [1.54, 1.807) is 24.3 Å². The molecule has 2 unspecified atom stereocenters.